The van der Waals surface area contributed by atoms with Crippen molar-refractivity contribution in [3.8, 4) is 5.75 Å². The van der Waals surface area contributed by atoms with Gasteiger partial charge in [-0.15, -0.1) is 0 Å². The number of aryl methyl sites for hydroxylation is 1. The van der Waals surface area contributed by atoms with Gasteiger partial charge in [0.2, 0.25) is 0 Å². The van der Waals surface area contributed by atoms with Gasteiger partial charge < -0.3 is 15.8 Å². The number of carbonyl (C=O) groups is 1. The number of anilines is 1. The summed E-state index contributed by atoms with van der Waals surface area (Å²) < 4.78 is 5.20. The summed E-state index contributed by atoms with van der Waals surface area (Å²) in [6.07, 6.45) is 0. The Labute approximate surface area is 124 Å². The normalized spacial score (nSPS) is 11.8. The van der Waals surface area contributed by atoms with Gasteiger partial charge in [0.15, 0.2) is 0 Å². The van der Waals surface area contributed by atoms with Crippen molar-refractivity contribution in [2.45, 2.75) is 19.9 Å². The van der Waals surface area contributed by atoms with Gasteiger partial charge in [0, 0.05) is 11.3 Å². The van der Waals surface area contributed by atoms with Crippen molar-refractivity contribution in [1.82, 2.24) is 5.32 Å². The summed E-state index contributed by atoms with van der Waals surface area (Å²) in [5, 5.41) is 2.97. The van der Waals surface area contributed by atoms with Crippen LogP contribution in [0.25, 0.3) is 0 Å². The maximum atomic E-state index is 12.3. The molecule has 1 unspecified atom stereocenters. The zero-order valence-corrected chi connectivity index (χ0v) is 12.5. The summed E-state index contributed by atoms with van der Waals surface area (Å²) in [7, 11) is 1.62. The summed E-state index contributed by atoms with van der Waals surface area (Å²) in [4.78, 5) is 12.3. The van der Waals surface area contributed by atoms with E-state index < -0.39 is 0 Å². The molecule has 0 aliphatic rings. The highest BCUT2D eigenvalue weighted by Gasteiger charge is 2.12. The number of benzene rings is 2. The Morgan fingerprint density at radius 1 is 1.24 bits per heavy atom. The first kappa shape index (κ1) is 14.9. The fourth-order valence-electron chi connectivity index (χ4n) is 2.22. The molecule has 0 fully saturated rings. The van der Waals surface area contributed by atoms with Crippen LogP contribution in [0.15, 0.2) is 42.5 Å². The molecule has 2 aromatic rings. The lowest BCUT2D eigenvalue weighted by Gasteiger charge is -2.15. The number of nitrogens with one attached hydrogen (secondary N) is 1. The molecule has 0 spiro atoms. The topological polar surface area (TPSA) is 64.3 Å². The van der Waals surface area contributed by atoms with Crippen LogP contribution in [-0.2, 0) is 0 Å². The molecule has 2 aromatic carbocycles. The number of amides is 1. The van der Waals surface area contributed by atoms with Gasteiger partial charge in [-0.2, -0.15) is 0 Å². The Balaban J connectivity index is 2.14. The fraction of sp³-hybridized carbons (Fsp3) is 0.235. The number of hydrogen-bond acceptors (Lipinski definition) is 3. The Kier molecular flexibility index (Phi) is 4.48. The minimum absolute atomic E-state index is 0.116. The maximum absolute atomic E-state index is 12.3. The maximum Gasteiger partial charge on any atom is 0.251 e. The quantitative estimate of drug-likeness (QED) is 0.848. The zero-order chi connectivity index (χ0) is 15.4. The molecule has 21 heavy (non-hydrogen) atoms. The van der Waals surface area contributed by atoms with Gasteiger partial charge >= 0.3 is 0 Å². The molecule has 4 heteroatoms. The molecule has 0 aliphatic carbocycles. The van der Waals surface area contributed by atoms with Crippen molar-refractivity contribution in [1.29, 1.82) is 0 Å². The van der Waals surface area contributed by atoms with Gasteiger partial charge in [-0.05, 0) is 55.3 Å². The van der Waals surface area contributed by atoms with Crippen LogP contribution in [0.5, 0.6) is 5.75 Å². The van der Waals surface area contributed by atoms with Crippen molar-refractivity contribution in [2.24, 2.45) is 0 Å². The Bertz CT molecular complexity index is 633. The minimum atomic E-state index is -0.138. The first-order valence-corrected chi connectivity index (χ1v) is 6.81. The predicted molar refractivity (Wildman–Crippen MR) is 84.5 cm³/mol. The van der Waals surface area contributed by atoms with Crippen molar-refractivity contribution >= 4 is 11.6 Å². The second-order valence-corrected chi connectivity index (χ2v) is 5.10. The highest BCUT2D eigenvalue weighted by atomic mass is 16.5. The molecular formula is C17H20N2O2. The summed E-state index contributed by atoms with van der Waals surface area (Å²) in [5.74, 6) is 0.633. The number of methoxy groups -OCH3 is 1. The number of carbonyl (C=O) groups excluding carboxylic acids is 1. The van der Waals surface area contributed by atoms with E-state index in [0.717, 1.165) is 16.9 Å². The number of rotatable bonds is 4. The standard InChI is InChI=1S/C17H20N2O2/c1-11-7-14(9-15(18)8-11)17(20)19-12(2)13-5-4-6-16(10-13)21-3/h4-10,12H,18H2,1-3H3,(H,19,20). The van der Waals surface area contributed by atoms with Crippen molar-refractivity contribution in [3.63, 3.8) is 0 Å². The van der Waals surface area contributed by atoms with Crippen LogP contribution in [0.2, 0.25) is 0 Å². The first-order chi connectivity index (χ1) is 9.99. The van der Waals surface area contributed by atoms with Crippen LogP contribution in [0.3, 0.4) is 0 Å². The molecule has 1 atom stereocenters. The highest BCUT2D eigenvalue weighted by Crippen LogP contribution is 2.19. The molecule has 0 saturated heterocycles. The molecule has 0 heterocycles. The molecule has 3 N–H and O–H groups in total. The van der Waals surface area contributed by atoms with E-state index in [9.17, 15) is 4.79 Å². The predicted octanol–water partition coefficient (Wildman–Crippen LogP) is 3.08. The summed E-state index contributed by atoms with van der Waals surface area (Å²) in [5.41, 5.74) is 8.90. The Morgan fingerprint density at radius 2 is 2.00 bits per heavy atom. The lowest BCUT2D eigenvalue weighted by Crippen LogP contribution is -2.26. The summed E-state index contributed by atoms with van der Waals surface area (Å²) in [6, 6.07) is 12.9. The number of nitrogen functional groups attached to an aromatic ring is 1. The monoisotopic (exact) mass is 284 g/mol. The summed E-state index contributed by atoms with van der Waals surface area (Å²) in [6.45, 7) is 3.85. The van der Waals surface area contributed by atoms with E-state index in [1.165, 1.54) is 0 Å². The lowest BCUT2D eigenvalue weighted by molar-refractivity contribution is 0.0940. The Hall–Kier alpha value is -2.49. The van der Waals surface area contributed by atoms with Gasteiger partial charge in [0.25, 0.3) is 5.91 Å². The van der Waals surface area contributed by atoms with Crippen LogP contribution >= 0.6 is 0 Å². The van der Waals surface area contributed by atoms with Crippen LogP contribution in [0.4, 0.5) is 5.69 Å². The van der Waals surface area contributed by atoms with Crippen molar-refractivity contribution < 1.29 is 9.53 Å². The Morgan fingerprint density at radius 3 is 2.67 bits per heavy atom. The van der Waals surface area contributed by atoms with Gasteiger partial charge in [-0.3, -0.25) is 4.79 Å². The first-order valence-electron chi connectivity index (χ1n) is 6.81. The van der Waals surface area contributed by atoms with Gasteiger partial charge in [-0.1, -0.05) is 12.1 Å². The second kappa shape index (κ2) is 6.31. The molecule has 1 amide bonds. The molecule has 110 valence electrons. The average Bonchev–Trinajstić information content (AvgIpc) is 2.46. The van der Waals surface area contributed by atoms with Crippen molar-refractivity contribution in [2.75, 3.05) is 12.8 Å². The number of nitrogens with two attached hydrogens (primary N) is 1. The lowest BCUT2D eigenvalue weighted by atomic mass is 10.1. The second-order valence-electron chi connectivity index (χ2n) is 5.10. The molecule has 4 nitrogen and oxygen atoms in total. The van der Waals surface area contributed by atoms with Crippen molar-refractivity contribution in [3.05, 3.63) is 59.2 Å². The SMILES string of the molecule is COc1cccc(C(C)NC(=O)c2cc(C)cc(N)c2)c1. The molecule has 0 bridgehead atoms. The third-order valence-electron chi connectivity index (χ3n) is 3.30. The third-order valence-corrected chi connectivity index (χ3v) is 3.30. The molecule has 0 radical (unpaired) electrons. The van der Waals surface area contributed by atoms with Gasteiger partial charge in [-0.25, -0.2) is 0 Å². The van der Waals surface area contributed by atoms with Gasteiger partial charge in [0.05, 0.1) is 13.2 Å². The van der Waals surface area contributed by atoms with E-state index >= 15 is 0 Å². The number of hydrogen-bond donors (Lipinski definition) is 2. The average molecular weight is 284 g/mol. The number of ether oxygens (including phenoxy) is 1. The van der Waals surface area contributed by atoms with Gasteiger partial charge in [0.1, 0.15) is 5.75 Å². The largest absolute Gasteiger partial charge is 0.497 e. The van der Waals surface area contributed by atoms with Crippen LogP contribution in [0.1, 0.15) is 34.5 Å². The van der Waals surface area contributed by atoms with Crippen LogP contribution < -0.4 is 15.8 Å². The van der Waals surface area contributed by atoms with E-state index in [-0.39, 0.29) is 11.9 Å². The van der Waals surface area contributed by atoms with E-state index in [2.05, 4.69) is 5.32 Å². The van der Waals surface area contributed by atoms with E-state index in [0.29, 0.717) is 11.3 Å². The molecule has 0 saturated carbocycles. The van der Waals surface area contributed by atoms with Crippen LogP contribution in [0, 0.1) is 6.92 Å². The summed E-state index contributed by atoms with van der Waals surface area (Å²) >= 11 is 0. The molecule has 2 rings (SSSR count). The smallest absolute Gasteiger partial charge is 0.251 e. The molecule has 0 aliphatic heterocycles. The zero-order valence-electron chi connectivity index (χ0n) is 12.5. The fourth-order valence-corrected chi connectivity index (χ4v) is 2.22. The molecule has 0 aromatic heterocycles. The van der Waals surface area contributed by atoms with Crippen LogP contribution in [-0.4, -0.2) is 13.0 Å². The van der Waals surface area contributed by atoms with E-state index in [4.69, 9.17) is 10.5 Å². The third kappa shape index (κ3) is 3.75. The van der Waals surface area contributed by atoms with E-state index in [1.807, 2.05) is 50.2 Å². The minimum Gasteiger partial charge on any atom is -0.497 e. The highest BCUT2D eigenvalue weighted by molar-refractivity contribution is 5.95. The molecular weight excluding hydrogens is 264 g/mol. The van der Waals surface area contributed by atoms with E-state index in [1.54, 1.807) is 13.2 Å².